The van der Waals surface area contributed by atoms with Crippen molar-refractivity contribution in [2.45, 2.75) is 13.0 Å². The summed E-state index contributed by atoms with van der Waals surface area (Å²) in [5, 5.41) is 11.7. The first-order valence-electron chi connectivity index (χ1n) is 4.15. The summed E-state index contributed by atoms with van der Waals surface area (Å²) < 4.78 is 0. The van der Waals surface area contributed by atoms with E-state index in [9.17, 15) is 4.79 Å². The lowest BCUT2D eigenvalue weighted by molar-refractivity contribution is 0.0922. The second kappa shape index (κ2) is 4.93. The van der Waals surface area contributed by atoms with Crippen LogP contribution in [-0.4, -0.2) is 28.6 Å². The summed E-state index contributed by atoms with van der Waals surface area (Å²) in [6.45, 7) is 1.61. The Hall–Kier alpha value is -1.13. The average Bonchev–Trinajstić information content (AvgIpc) is 2.17. The molecule has 0 aliphatic heterocycles. The number of hydrogen-bond acceptors (Lipinski definition) is 3. The molecule has 1 amide bonds. The molecule has 1 rings (SSSR count). The quantitative estimate of drug-likeness (QED) is 0.784. The molecule has 2 N–H and O–H groups in total. The minimum Gasteiger partial charge on any atom is -0.394 e. The number of hydrogen-bond donors (Lipinski definition) is 2. The summed E-state index contributed by atoms with van der Waals surface area (Å²) in [5.74, 6) is -0.290. The lowest BCUT2D eigenvalue weighted by Gasteiger charge is -2.10. The molecular weight excluding hydrogens is 204 g/mol. The molecule has 1 aromatic rings. The lowest BCUT2D eigenvalue weighted by Crippen LogP contribution is -2.35. The third kappa shape index (κ3) is 2.97. The van der Waals surface area contributed by atoms with Crippen LogP contribution in [0.5, 0.6) is 0 Å². The topological polar surface area (TPSA) is 62.2 Å². The smallest absolute Gasteiger partial charge is 0.253 e. The summed E-state index contributed by atoms with van der Waals surface area (Å²) in [6, 6.07) is 1.25. The maximum atomic E-state index is 11.4. The Labute approximate surface area is 86.9 Å². The Balaban J connectivity index is 2.70. The van der Waals surface area contributed by atoms with Crippen LogP contribution in [0.15, 0.2) is 18.5 Å². The van der Waals surface area contributed by atoms with Gasteiger partial charge in [-0.3, -0.25) is 9.78 Å². The molecule has 0 spiro atoms. The molecule has 0 fully saturated rings. The highest BCUT2D eigenvalue weighted by atomic mass is 35.5. The van der Waals surface area contributed by atoms with Gasteiger partial charge >= 0.3 is 0 Å². The van der Waals surface area contributed by atoms with E-state index >= 15 is 0 Å². The van der Waals surface area contributed by atoms with Crippen LogP contribution in [0.2, 0.25) is 5.02 Å². The van der Waals surface area contributed by atoms with Gasteiger partial charge < -0.3 is 10.4 Å². The number of carbonyl (C=O) groups is 1. The van der Waals surface area contributed by atoms with E-state index in [1.807, 2.05) is 0 Å². The number of halogens is 1. The molecule has 1 atom stereocenters. The van der Waals surface area contributed by atoms with Crippen molar-refractivity contribution in [1.29, 1.82) is 0 Å². The average molecular weight is 215 g/mol. The standard InChI is InChI=1S/C9H11ClN2O2/c1-6(5-13)12-9(14)7-2-8(10)4-11-3-7/h2-4,6,13H,5H2,1H3,(H,12,14)/t6-/m1/s1. The summed E-state index contributed by atoms with van der Waals surface area (Å²) in [6.07, 6.45) is 2.87. The summed E-state index contributed by atoms with van der Waals surface area (Å²) in [7, 11) is 0. The van der Waals surface area contributed by atoms with Gasteiger partial charge in [-0.2, -0.15) is 0 Å². The molecule has 14 heavy (non-hydrogen) atoms. The van der Waals surface area contributed by atoms with Crippen LogP contribution in [0.1, 0.15) is 17.3 Å². The molecule has 0 radical (unpaired) electrons. The first-order chi connectivity index (χ1) is 6.63. The monoisotopic (exact) mass is 214 g/mol. The van der Waals surface area contributed by atoms with Crippen molar-refractivity contribution in [2.24, 2.45) is 0 Å². The van der Waals surface area contributed by atoms with Gasteiger partial charge in [0, 0.05) is 18.4 Å². The van der Waals surface area contributed by atoms with E-state index in [2.05, 4.69) is 10.3 Å². The summed E-state index contributed by atoms with van der Waals surface area (Å²) >= 11 is 5.67. The van der Waals surface area contributed by atoms with Gasteiger partial charge in [0.25, 0.3) is 5.91 Å². The van der Waals surface area contributed by atoms with Crippen molar-refractivity contribution in [3.63, 3.8) is 0 Å². The number of pyridine rings is 1. The van der Waals surface area contributed by atoms with E-state index in [0.29, 0.717) is 10.6 Å². The van der Waals surface area contributed by atoms with Crippen LogP contribution in [0, 0.1) is 0 Å². The van der Waals surface area contributed by atoms with Crippen molar-refractivity contribution >= 4 is 17.5 Å². The number of rotatable bonds is 3. The van der Waals surface area contributed by atoms with Crippen LogP contribution >= 0.6 is 11.6 Å². The number of aliphatic hydroxyl groups is 1. The highest BCUT2D eigenvalue weighted by Gasteiger charge is 2.09. The fourth-order valence-corrected chi connectivity index (χ4v) is 1.06. The van der Waals surface area contributed by atoms with E-state index in [0.717, 1.165) is 0 Å². The normalized spacial score (nSPS) is 12.2. The molecule has 76 valence electrons. The molecule has 5 heteroatoms. The van der Waals surface area contributed by atoms with E-state index in [-0.39, 0.29) is 18.6 Å². The summed E-state index contributed by atoms with van der Waals surface area (Å²) in [4.78, 5) is 15.2. The zero-order valence-electron chi connectivity index (χ0n) is 7.70. The van der Waals surface area contributed by atoms with Gasteiger partial charge in [-0.05, 0) is 13.0 Å². The minimum absolute atomic E-state index is 0.0975. The van der Waals surface area contributed by atoms with Crippen LogP contribution in [0.3, 0.4) is 0 Å². The number of aliphatic hydroxyl groups excluding tert-OH is 1. The number of nitrogens with one attached hydrogen (secondary N) is 1. The fourth-order valence-electron chi connectivity index (χ4n) is 0.889. The van der Waals surface area contributed by atoms with Gasteiger partial charge in [0.15, 0.2) is 0 Å². The van der Waals surface area contributed by atoms with Crippen LogP contribution in [0.25, 0.3) is 0 Å². The van der Waals surface area contributed by atoms with Crippen molar-refractivity contribution in [1.82, 2.24) is 10.3 Å². The molecule has 4 nitrogen and oxygen atoms in total. The van der Waals surface area contributed by atoms with E-state index in [4.69, 9.17) is 16.7 Å². The molecule has 0 aromatic carbocycles. The van der Waals surface area contributed by atoms with E-state index in [1.165, 1.54) is 18.5 Å². The Kier molecular flexibility index (Phi) is 3.85. The predicted molar refractivity (Wildman–Crippen MR) is 53.3 cm³/mol. The van der Waals surface area contributed by atoms with E-state index < -0.39 is 0 Å². The van der Waals surface area contributed by atoms with Crippen LogP contribution < -0.4 is 5.32 Å². The maximum absolute atomic E-state index is 11.4. The molecule has 0 bridgehead atoms. The molecule has 0 saturated heterocycles. The molecule has 1 aromatic heterocycles. The Morgan fingerprint density at radius 2 is 2.43 bits per heavy atom. The fraction of sp³-hybridized carbons (Fsp3) is 0.333. The third-order valence-electron chi connectivity index (χ3n) is 1.62. The first-order valence-corrected chi connectivity index (χ1v) is 4.53. The Bertz CT molecular complexity index is 330. The lowest BCUT2D eigenvalue weighted by atomic mass is 10.2. The highest BCUT2D eigenvalue weighted by Crippen LogP contribution is 2.08. The molecule has 1 heterocycles. The number of carbonyl (C=O) groups excluding carboxylic acids is 1. The van der Waals surface area contributed by atoms with Crippen LogP contribution in [-0.2, 0) is 0 Å². The zero-order valence-corrected chi connectivity index (χ0v) is 8.45. The second-order valence-corrected chi connectivity index (χ2v) is 3.39. The Morgan fingerprint density at radius 3 is 3.00 bits per heavy atom. The SMILES string of the molecule is C[C@H](CO)NC(=O)c1cncc(Cl)c1. The predicted octanol–water partition coefficient (Wildman–Crippen LogP) is 0.846. The number of nitrogens with zero attached hydrogens (tertiary/aromatic N) is 1. The Morgan fingerprint density at radius 1 is 1.71 bits per heavy atom. The van der Waals surface area contributed by atoms with Gasteiger partial charge in [0.2, 0.25) is 0 Å². The second-order valence-electron chi connectivity index (χ2n) is 2.95. The van der Waals surface area contributed by atoms with Crippen molar-refractivity contribution in [3.05, 3.63) is 29.0 Å². The van der Waals surface area contributed by atoms with Crippen molar-refractivity contribution in [2.75, 3.05) is 6.61 Å². The zero-order chi connectivity index (χ0) is 10.6. The first kappa shape index (κ1) is 10.9. The van der Waals surface area contributed by atoms with Gasteiger partial charge in [-0.15, -0.1) is 0 Å². The molecular formula is C9H11ClN2O2. The number of amides is 1. The van der Waals surface area contributed by atoms with E-state index in [1.54, 1.807) is 6.92 Å². The molecule has 0 saturated carbocycles. The third-order valence-corrected chi connectivity index (χ3v) is 1.83. The molecule has 0 aliphatic carbocycles. The van der Waals surface area contributed by atoms with Crippen LogP contribution in [0.4, 0.5) is 0 Å². The van der Waals surface area contributed by atoms with Gasteiger partial charge in [-0.1, -0.05) is 11.6 Å². The van der Waals surface area contributed by atoms with Gasteiger partial charge in [0.1, 0.15) is 0 Å². The maximum Gasteiger partial charge on any atom is 0.253 e. The van der Waals surface area contributed by atoms with Crippen molar-refractivity contribution < 1.29 is 9.90 Å². The summed E-state index contributed by atoms with van der Waals surface area (Å²) in [5.41, 5.74) is 0.387. The largest absolute Gasteiger partial charge is 0.394 e. The minimum atomic E-state index is -0.290. The van der Waals surface area contributed by atoms with Crippen molar-refractivity contribution in [3.8, 4) is 0 Å². The van der Waals surface area contributed by atoms with Gasteiger partial charge in [0.05, 0.1) is 17.2 Å². The molecule has 0 aliphatic rings. The van der Waals surface area contributed by atoms with Gasteiger partial charge in [-0.25, -0.2) is 0 Å². The number of aromatic nitrogens is 1. The molecule has 0 unspecified atom stereocenters. The highest BCUT2D eigenvalue weighted by molar-refractivity contribution is 6.30.